The maximum atomic E-state index is 14.1. The van der Waals surface area contributed by atoms with E-state index >= 15 is 0 Å². The highest BCUT2D eigenvalue weighted by Crippen LogP contribution is 2.32. The molecule has 0 spiro atoms. The second-order valence-corrected chi connectivity index (χ2v) is 8.95. The molecule has 1 aliphatic rings. The summed E-state index contributed by atoms with van der Waals surface area (Å²) in [6.45, 7) is 0.598. The third kappa shape index (κ3) is 5.22. The molecule has 0 aliphatic carbocycles. The number of hydrogen-bond donors (Lipinski definition) is 0. The molecule has 30 heavy (non-hydrogen) atoms. The van der Waals surface area contributed by atoms with Gasteiger partial charge in [0, 0.05) is 13.1 Å². The van der Waals surface area contributed by atoms with E-state index in [1.807, 2.05) is 0 Å². The van der Waals surface area contributed by atoms with Crippen LogP contribution in [0.5, 0.6) is 5.75 Å². The van der Waals surface area contributed by atoms with Crippen molar-refractivity contribution in [1.82, 2.24) is 4.31 Å². The minimum absolute atomic E-state index is 0.0808. The van der Waals surface area contributed by atoms with Crippen LogP contribution in [0.4, 0.5) is 4.39 Å². The van der Waals surface area contributed by atoms with Gasteiger partial charge in [0.15, 0.2) is 5.75 Å². The first kappa shape index (κ1) is 22.8. The van der Waals surface area contributed by atoms with Crippen molar-refractivity contribution in [3.05, 3.63) is 57.8 Å². The molecule has 3 rings (SSSR count). The number of rotatable bonds is 7. The van der Waals surface area contributed by atoms with Crippen molar-refractivity contribution < 1.29 is 31.8 Å². The van der Waals surface area contributed by atoms with Crippen LogP contribution < -0.4 is 4.74 Å². The lowest BCUT2D eigenvalue weighted by Crippen LogP contribution is -2.40. The van der Waals surface area contributed by atoms with Gasteiger partial charge in [0.05, 0.1) is 33.7 Å². The summed E-state index contributed by atoms with van der Waals surface area (Å²) in [5.74, 6) is -1.67. The number of ether oxygens (including phenoxy) is 3. The highest BCUT2D eigenvalue weighted by atomic mass is 35.5. The number of carbonyl (C=O) groups is 1. The minimum Gasteiger partial charge on any atom is -0.487 e. The topological polar surface area (TPSA) is 82.1 Å². The van der Waals surface area contributed by atoms with Gasteiger partial charge in [-0.25, -0.2) is 17.6 Å². The van der Waals surface area contributed by atoms with Gasteiger partial charge in [-0.05, 0) is 30.3 Å². The first-order chi connectivity index (χ1) is 14.3. The second kappa shape index (κ2) is 9.93. The van der Waals surface area contributed by atoms with E-state index in [9.17, 15) is 17.6 Å². The summed E-state index contributed by atoms with van der Waals surface area (Å²) in [6, 6.07) is 7.82. The van der Waals surface area contributed by atoms with Gasteiger partial charge < -0.3 is 14.2 Å². The molecule has 0 bridgehead atoms. The van der Waals surface area contributed by atoms with Crippen LogP contribution in [0.25, 0.3) is 0 Å². The average Bonchev–Trinajstić information content (AvgIpc) is 2.73. The van der Waals surface area contributed by atoms with Gasteiger partial charge >= 0.3 is 5.97 Å². The van der Waals surface area contributed by atoms with E-state index in [0.29, 0.717) is 10.0 Å². The summed E-state index contributed by atoms with van der Waals surface area (Å²) in [4.78, 5) is 12.1. The fourth-order valence-corrected chi connectivity index (χ4v) is 4.67. The Kier molecular flexibility index (Phi) is 7.54. The van der Waals surface area contributed by atoms with E-state index in [2.05, 4.69) is 0 Å². The van der Waals surface area contributed by atoms with Crippen molar-refractivity contribution in [3.8, 4) is 5.75 Å². The maximum absolute atomic E-state index is 14.1. The zero-order valence-electron chi connectivity index (χ0n) is 15.6. The lowest BCUT2D eigenvalue weighted by Gasteiger charge is -2.26. The molecule has 1 saturated heterocycles. The van der Waals surface area contributed by atoms with Crippen molar-refractivity contribution >= 4 is 39.2 Å². The molecule has 2 aromatic carbocycles. The first-order valence-corrected chi connectivity index (χ1v) is 11.1. The molecule has 0 unspecified atom stereocenters. The standard InChI is InChI=1S/C19H18Cl2FNO6S/c20-15-2-1-3-16(21)18(15)28-10-11-29-19(24)14-12-13(4-5-17(14)22)30(25,26)23-6-8-27-9-7-23/h1-5,12H,6-11H2. The monoisotopic (exact) mass is 477 g/mol. The number of hydrogen-bond acceptors (Lipinski definition) is 6. The quantitative estimate of drug-likeness (QED) is 0.449. The van der Waals surface area contributed by atoms with Gasteiger partial charge in [-0.2, -0.15) is 4.31 Å². The highest BCUT2D eigenvalue weighted by molar-refractivity contribution is 7.89. The zero-order valence-corrected chi connectivity index (χ0v) is 18.0. The summed E-state index contributed by atoms with van der Waals surface area (Å²) in [7, 11) is -3.88. The lowest BCUT2D eigenvalue weighted by atomic mass is 10.2. The number of esters is 1. The lowest BCUT2D eigenvalue weighted by molar-refractivity contribution is 0.0445. The molecule has 0 aromatic heterocycles. The van der Waals surface area contributed by atoms with Crippen LogP contribution in [-0.4, -0.2) is 58.2 Å². The van der Waals surface area contributed by atoms with Crippen LogP contribution >= 0.6 is 23.2 Å². The maximum Gasteiger partial charge on any atom is 0.341 e. The fourth-order valence-electron chi connectivity index (χ4n) is 2.73. The van der Waals surface area contributed by atoms with Crippen LogP contribution in [0.2, 0.25) is 10.0 Å². The third-order valence-electron chi connectivity index (χ3n) is 4.25. The predicted octanol–water partition coefficient (Wildman–Crippen LogP) is 3.39. The van der Waals surface area contributed by atoms with Gasteiger partial charge in [0.1, 0.15) is 19.0 Å². The van der Waals surface area contributed by atoms with Gasteiger partial charge in [-0.1, -0.05) is 29.3 Å². The molecule has 7 nitrogen and oxygen atoms in total. The van der Waals surface area contributed by atoms with Crippen LogP contribution in [-0.2, 0) is 19.5 Å². The molecular weight excluding hydrogens is 460 g/mol. The van der Waals surface area contributed by atoms with Crippen LogP contribution in [0, 0.1) is 5.82 Å². The van der Waals surface area contributed by atoms with E-state index in [1.54, 1.807) is 18.2 Å². The summed E-state index contributed by atoms with van der Waals surface area (Å²) in [5.41, 5.74) is -0.486. The molecule has 0 saturated carbocycles. The van der Waals surface area contributed by atoms with E-state index in [-0.39, 0.29) is 50.2 Å². The Morgan fingerprint density at radius 2 is 1.77 bits per heavy atom. The van der Waals surface area contributed by atoms with Crippen LogP contribution in [0.3, 0.4) is 0 Å². The number of morpholine rings is 1. The molecule has 0 amide bonds. The Balaban J connectivity index is 1.65. The summed E-state index contributed by atoms with van der Waals surface area (Å²) in [5, 5.41) is 0.585. The first-order valence-electron chi connectivity index (χ1n) is 8.92. The number of carbonyl (C=O) groups excluding carboxylic acids is 1. The number of benzene rings is 2. The zero-order chi connectivity index (χ0) is 21.7. The van der Waals surface area contributed by atoms with Gasteiger partial charge in [-0.15, -0.1) is 0 Å². The van der Waals surface area contributed by atoms with E-state index in [1.165, 1.54) is 4.31 Å². The van der Waals surface area contributed by atoms with E-state index in [4.69, 9.17) is 37.4 Å². The normalized spacial score (nSPS) is 15.0. The number of halogens is 3. The second-order valence-electron chi connectivity index (χ2n) is 6.19. The largest absolute Gasteiger partial charge is 0.487 e. The number of nitrogens with zero attached hydrogens (tertiary/aromatic N) is 1. The number of sulfonamides is 1. The Morgan fingerprint density at radius 1 is 1.10 bits per heavy atom. The van der Waals surface area contributed by atoms with Crippen LogP contribution in [0.1, 0.15) is 10.4 Å². The molecule has 2 aromatic rings. The average molecular weight is 478 g/mol. The Bertz CT molecular complexity index is 1010. The fraction of sp³-hybridized carbons (Fsp3) is 0.316. The van der Waals surface area contributed by atoms with Crippen molar-refractivity contribution in [3.63, 3.8) is 0 Å². The van der Waals surface area contributed by atoms with Gasteiger partial charge in [0.25, 0.3) is 0 Å². The van der Waals surface area contributed by atoms with Crippen molar-refractivity contribution in [2.75, 3.05) is 39.5 Å². The molecule has 0 N–H and O–H groups in total. The molecule has 1 fully saturated rings. The molecule has 1 aliphatic heterocycles. The third-order valence-corrected chi connectivity index (χ3v) is 6.74. The Labute approximate surface area is 183 Å². The molecule has 162 valence electrons. The summed E-state index contributed by atoms with van der Waals surface area (Å²) < 4.78 is 56.3. The molecular formula is C19H18Cl2FNO6S. The van der Waals surface area contributed by atoms with Crippen molar-refractivity contribution in [2.24, 2.45) is 0 Å². The van der Waals surface area contributed by atoms with Crippen molar-refractivity contribution in [1.29, 1.82) is 0 Å². The molecule has 0 radical (unpaired) electrons. The molecule has 0 atom stereocenters. The summed E-state index contributed by atoms with van der Waals surface area (Å²) in [6.07, 6.45) is 0. The smallest absolute Gasteiger partial charge is 0.341 e. The van der Waals surface area contributed by atoms with Gasteiger partial charge in [-0.3, -0.25) is 0 Å². The van der Waals surface area contributed by atoms with E-state index < -0.39 is 27.4 Å². The molecule has 1 heterocycles. The Morgan fingerprint density at radius 3 is 2.43 bits per heavy atom. The number of para-hydroxylation sites is 1. The SMILES string of the molecule is O=C(OCCOc1c(Cl)cccc1Cl)c1cc(S(=O)(=O)N2CCOCC2)ccc1F. The van der Waals surface area contributed by atoms with Gasteiger partial charge in [0.2, 0.25) is 10.0 Å². The molecule has 11 heteroatoms. The summed E-state index contributed by atoms with van der Waals surface area (Å²) >= 11 is 12.0. The Hall–Kier alpha value is -1.91. The van der Waals surface area contributed by atoms with Crippen LogP contribution in [0.15, 0.2) is 41.3 Å². The predicted molar refractivity (Wildman–Crippen MR) is 108 cm³/mol. The highest BCUT2D eigenvalue weighted by Gasteiger charge is 2.28. The van der Waals surface area contributed by atoms with Crippen molar-refractivity contribution in [2.45, 2.75) is 4.90 Å². The van der Waals surface area contributed by atoms with E-state index in [0.717, 1.165) is 18.2 Å². The minimum atomic E-state index is -3.88.